The molecule has 0 bridgehead atoms. The third kappa shape index (κ3) is 4.91. The molecule has 3 amide bonds. The van der Waals surface area contributed by atoms with E-state index >= 15 is 0 Å². The minimum absolute atomic E-state index is 0.0575. The number of amides is 3. The van der Waals surface area contributed by atoms with E-state index in [-0.39, 0.29) is 18.5 Å². The van der Waals surface area contributed by atoms with E-state index in [4.69, 9.17) is 0 Å². The molecule has 6 heteroatoms. The number of rotatable bonds is 6. The van der Waals surface area contributed by atoms with E-state index in [1.165, 1.54) is 12.6 Å². The van der Waals surface area contributed by atoms with Crippen molar-refractivity contribution in [2.75, 3.05) is 13.6 Å². The van der Waals surface area contributed by atoms with Gasteiger partial charge in [-0.2, -0.15) is 0 Å². The number of nitrogens with one attached hydrogen (secondary N) is 3. The van der Waals surface area contributed by atoms with Crippen LogP contribution in [0.1, 0.15) is 41.8 Å². The predicted octanol–water partition coefficient (Wildman–Crippen LogP) is 3.01. The summed E-state index contributed by atoms with van der Waals surface area (Å²) in [5.41, 5.74) is 2.37. The lowest BCUT2D eigenvalue weighted by molar-refractivity contribution is -0.119. The van der Waals surface area contributed by atoms with Crippen LogP contribution in [0.5, 0.6) is 0 Å². The largest absolute Gasteiger partial charge is 0.341 e. The topological polar surface area (TPSA) is 70.2 Å². The van der Waals surface area contributed by atoms with Gasteiger partial charge in [0.25, 0.3) is 0 Å². The van der Waals surface area contributed by atoms with Crippen LogP contribution < -0.4 is 16.0 Å². The molecule has 2 aromatic rings. The van der Waals surface area contributed by atoms with Gasteiger partial charge < -0.3 is 5.32 Å². The molecule has 1 atom stereocenters. The third-order valence-electron chi connectivity index (χ3n) is 3.71. The first-order chi connectivity index (χ1) is 11.5. The van der Waals surface area contributed by atoms with Crippen LogP contribution in [-0.4, -0.2) is 25.5 Å². The van der Waals surface area contributed by atoms with Crippen molar-refractivity contribution in [3.63, 3.8) is 0 Å². The lowest BCUT2D eigenvalue weighted by Gasteiger charge is -2.18. The molecule has 0 aliphatic heterocycles. The number of imide groups is 1. The van der Waals surface area contributed by atoms with Gasteiger partial charge in [-0.15, -0.1) is 11.3 Å². The van der Waals surface area contributed by atoms with Crippen molar-refractivity contribution >= 4 is 23.3 Å². The first-order valence-corrected chi connectivity index (χ1v) is 8.77. The smallest absolute Gasteiger partial charge is 0.321 e. The standard InChI is InChI=1S/C18H23N3O2S/c1-12(2)13-6-8-14(9-7-13)17(15-5-4-10-24-15)20-11-16(22)21-18(23)19-3/h4-10,12,17,20H,11H2,1-3H3,(H2,19,21,22,23). The monoisotopic (exact) mass is 345 g/mol. The van der Waals surface area contributed by atoms with E-state index in [0.717, 1.165) is 10.4 Å². The zero-order chi connectivity index (χ0) is 17.5. The molecule has 1 aromatic heterocycles. The number of carbonyl (C=O) groups excluding carboxylic acids is 2. The minimum Gasteiger partial charge on any atom is -0.341 e. The fourth-order valence-electron chi connectivity index (χ4n) is 2.34. The first kappa shape index (κ1) is 18.2. The van der Waals surface area contributed by atoms with Gasteiger partial charge in [-0.1, -0.05) is 44.2 Å². The minimum atomic E-state index is -0.504. The molecule has 0 saturated heterocycles. The Bertz CT molecular complexity index is 666. The Morgan fingerprint density at radius 3 is 2.29 bits per heavy atom. The van der Waals surface area contributed by atoms with Gasteiger partial charge in [0.05, 0.1) is 12.6 Å². The second kappa shape index (κ2) is 8.61. The molecule has 0 radical (unpaired) electrons. The third-order valence-corrected chi connectivity index (χ3v) is 4.65. The van der Waals surface area contributed by atoms with Gasteiger partial charge in [-0.3, -0.25) is 15.4 Å². The summed E-state index contributed by atoms with van der Waals surface area (Å²) in [5.74, 6) is 0.111. The number of thiophene rings is 1. The highest BCUT2D eigenvalue weighted by Gasteiger charge is 2.17. The normalized spacial score (nSPS) is 12.0. The van der Waals surface area contributed by atoms with Crippen molar-refractivity contribution < 1.29 is 9.59 Å². The molecule has 0 saturated carbocycles. The summed E-state index contributed by atoms with van der Waals surface area (Å²) in [6.07, 6.45) is 0. The van der Waals surface area contributed by atoms with Crippen molar-refractivity contribution in [3.05, 3.63) is 57.8 Å². The summed E-state index contributed by atoms with van der Waals surface area (Å²) in [5, 5.41) is 9.87. The van der Waals surface area contributed by atoms with E-state index in [1.807, 2.05) is 17.5 Å². The van der Waals surface area contributed by atoms with E-state index in [2.05, 4.69) is 54.1 Å². The summed E-state index contributed by atoms with van der Waals surface area (Å²) in [7, 11) is 1.47. The SMILES string of the molecule is CNC(=O)NC(=O)CNC(c1ccc(C(C)C)cc1)c1cccs1. The Hall–Kier alpha value is -2.18. The second-order valence-corrected chi connectivity index (χ2v) is 6.76. The van der Waals surface area contributed by atoms with E-state index in [1.54, 1.807) is 11.3 Å². The van der Waals surface area contributed by atoms with Gasteiger partial charge in [-0.25, -0.2) is 4.79 Å². The number of hydrogen-bond acceptors (Lipinski definition) is 4. The fourth-order valence-corrected chi connectivity index (χ4v) is 3.17. The molecule has 1 heterocycles. The average Bonchev–Trinajstić information content (AvgIpc) is 3.09. The highest BCUT2D eigenvalue weighted by molar-refractivity contribution is 7.10. The number of benzene rings is 1. The zero-order valence-corrected chi connectivity index (χ0v) is 14.9. The predicted molar refractivity (Wildman–Crippen MR) is 97.3 cm³/mol. The Morgan fingerprint density at radius 1 is 1.08 bits per heavy atom. The molecule has 0 spiro atoms. The molecule has 5 nitrogen and oxygen atoms in total. The fraction of sp³-hybridized carbons (Fsp3) is 0.333. The van der Waals surface area contributed by atoms with Crippen LogP contribution in [0.2, 0.25) is 0 Å². The molecular formula is C18H23N3O2S. The number of hydrogen-bond donors (Lipinski definition) is 3. The zero-order valence-electron chi connectivity index (χ0n) is 14.1. The first-order valence-electron chi connectivity index (χ1n) is 7.89. The Labute approximate surface area is 146 Å². The molecule has 0 fully saturated rings. The molecule has 1 aromatic carbocycles. The summed E-state index contributed by atoms with van der Waals surface area (Å²) in [4.78, 5) is 24.2. The van der Waals surface area contributed by atoms with Crippen molar-refractivity contribution in [2.24, 2.45) is 0 Å². The van der Waals surface area contributed by atoms with Gasteiger partial charge in [0.1, 0.15) is 0 Å². The molecule has 2 rings (SSSR count). The molecule has 0 aliphatic rings. The Kier molecular flexibility index (Phi) is 6.52. The van der Waals surface area contributed by atoms with Crippen LogP contribution in [0.15, 0.2) is 41.8 Å². The maximum absolute atomic E-state index is 11.8. The lowest BCUT2D eigenvalue weighted by atomic mass is 9.98. The highest BCUT2D eigenvalue weighted by atomic mass is 32.1. The highest BCUT2D eigenvalue weighted by Crippen LogP contribution is 2.27. The molecule has 0 aliphatic carbocycles. The van der Waals surface area contributed by atoms with Gasteiger partial charge >= 0.3 is 6.03 Å². The Morgan fingerprint density at radius 2 is 1.75 bits per heavy atom. The van der Waals surface area contributed by atoms with Crippen molar-refractivity contribution in [1.29, 1.82) is 0 Å². The second-order valence-electron chi connectivity index (χ2n) is 5.78. The van der Waals surface area contributed by atoms with Crippen molar-refractivity contribution in [1.82, 2.24) is 16.0 Å². The maximum atomic E-state index is 11.8. The van der Waals surface area contributed by atoms with E-state index < -0.39 is 6.03 Å². The van der Waals surface area contributed by atoms with Crippen LogP contribution in [0.4, 0.5) is 4.79 Å². The van der Waals surface area contributed by atoms with E-state index in [0.29, 0.717) is 5.92 Å². The lowest BCUT2D eigenvalue weighted by Crippen LogP contribution is -2.42. The molecule has 1 unspecified atom stereocenters. The van der Waals surface area contributed by atoms with Crippen molar-refractivity contribution in [3.8, 4) is 0 Å². The summed E-state index contributed by atoms with van der Waals surface area (Å²) >= 11 is 1.63. The summed E-state index contributed by atoms with van der Waals surface area (Å²) in [6, 6.07) is 11.8. The quantitative estimate of drug-likeness (QED) is 0.754. The maximum Gasteiger partial charge on any atom is 0.321 e. The van der Waals surface area contributed by atoms with Gasteiger partial charge in [0.15, 0.2) is 0 Å². The van der Waals surface area contributed by atoms with Crippen LogP contribution in [0, 0.1) is 0 Å². The molecular weight excluding hydrogens is 322 g/mol. The van der Waals surface area contributed by atoms with Gasteiger partial charge in [0, 0.05) is 11.9 Å². The number of carbonyl (C=O) groups is 2. The van der Waals surface area contributed by atoms with E-state index in [9.17, 15) is 9.59 Å². The van der Waals surface area contributed by atoms with Crippen LogP contribution in [-0.2, 0) is 4.79 Å². The number of urea groups is 1. The average molecular weight is 345 g/mol. The summed E-state index contributed by atoms with van der Waals surface area (Å²) in [6.45, 7) is 4.38. The Balaban J connectivity index is 2.11. The molecule has 128 valence electrons. The van der Waals surface area contributed by atoms with Crippen LogP contribution in [0.25, 0.3) is 0 Å². The van der Waals surface area contributed by atoms with Crippen LogP contribution in [0.3, 0.4) is 0 Å². The van der Waals surface area contributed by atoms with Gasteiger partial charge in [0.2, 0.25) is 5.91 Å². The van der Waals surface area contributed by atoms with Crippen LogP contribution >= 0.6 is 11.3 Å². The summed E-state index contributed by atoms with van der Waals surface area (Å²) < 4.78 is 0. The van der Waals surface area contributed by atoms with Gasteiger partial charge in [-0.05, 0) is 28.5 Å². The molecule has 24 heavy (non-hydrogen) atoms. The van der Waals surface area contributed by atoms with Crippen molar-refractivity contribution in [2.45, 2.75) is 25.8 Å². The molecule has 3 N–H and O–H groups in total.